The summed E-state index contributed by atoms with van der Waals surface area (Å²) in [6, 6.07) is -0.188. The van der Waals surface area contributed by atoms with E-state index in [2.05, 4.69) is 15.2 Å². The normalized spacial score (nSPS) is 22.6. The van der Waals surface area contributed by atoms with E-state index in [0.717, 1.165) is 0 Å². The molecule has 0 aromatic carbocycles. The molecule has 1 aromatic heterocycles. The maximum absolute atomic E-state index is 12.4. The van der Waals surface area contributed by atoms with E-state index in [1.807, 2.05) is 6.92 Å². The van der Waals surface area contributed by atoms with Crippen LogP contribution in [0.1, 0.15) is 25.6 Å². The van der Waals surface area contributed by atoms with Crippen molar-refractivity contribution in [3.8, 4) is 0 Å². The molecule has 110 valence electrons. The standard InChI is InChI=1S/C12H19N5O3/c1-8-5-9(11(18)19)3-4-17(8)12(20)16(2)6-10-13-7-14-15-10/h7-9H,3-6H2,1-2H3,(H,18,19)(H,13,14,15). The van der Waals surface area contributed by atoms with Crippen molar-refractivity contribution < 1.29 is 14.7 Å². The van der Waals surface area contributed by atoms with Gasteiger partial charge in [0.25, 0.3) is 0 Å². The van der Waals surface area contributed by atoms with Gasteiger partial charge in [-0.1, -0.05) is 0 Å². The number of piperidine rings is 1. The minimum absolute atomic E-state index is 0.0745. The van der Waals surface area contributed by atoms with E-state index in [1.165, 1.54) is 6.33 Å². The van der Waals surface area contributed by atoms with Crippen molar-refractivity contribution in [2.24, 2.45) is 5.92 Å². The highest BCUT2D eigenvalue weighted by molar-refractivity contribution is 5.75. The van der Waals surface area contributed by atoms with Crippen LogP contribution < -0.4 is 0 Å². The molecule has 20 heavy (non-hydrogen) atoms. The van der Waals surface area contributed by atoms with E-state index < -0.39 is 5.97 Å². The van der Waals surface area contributed by atoms with E-state index in [1.54, 1.807) is 16.8 Å². The van der Waals surface area contributed by atoms with E-state index in [0.29, 0.717) is 31.8 Å². The molecule has 1 aliphatic rings. The Morgan fingerprint density at radius 3 is 2.90 bits per heavy atom. The zero-order chi connectivity index (χ0) is 14.7. The average molecular weight is 281 g/mol. The number of aromatic amines is 1. The summed E-state index contributed by atoms with van der Waals surface area (Å²) in [6.07, 6.45) is 2.40. The summed E-state index contributed by atoms with van der Waals surface area (Å²) in [5, 5.41) is 15.5. The maximum atomic E-state index is 12.4. The van der Waals surface area contributed by atoms with Crippen LogP contribution in [0.4, 0.5) is 4.79 Å². The molecule has 1 fully saturated rings. The van der Waals surface area contributed by atoms with Gasteiger partial charge in [-0.15, -0.1) is 0 Å². The second-order valence-electron chi connectivity index (χ2n) is 5.17. The number of carbonyl (C=O) groups excluding carboxylic acids is 1. The van der Waals surface area contributed by atoms with Gasteiger partial charge in [-0.25, -0.2) is 9.78 Å². The highest BCUT2D eigenvalue weighted by Crippen LogP contribution is 2.24. The topological polar surface area (TPSA) is 102 Å². The van der Waals surface area contributed by atoms with Crippen LogP contribution in [0.5, 0.6) is 0 Å². The van der Waals surface area contributed by atoms with Crippen LogP contribution in [-0.4, -0.2) is 61.7 Å². The van der Waals surface area contributed by atoms with Gasteiger partial charge in [-0.2, -0.15) is 5.10 Å². The molecule has 0 aliphatic carbocycles. The zero-order valence-corrected chi connectivity index (χ0v) is 11.6. The van der Waals surface area contributed by atoms with Gasteiger partial charge in [0.1, 0.15) is 12.2 Å². The molecule has 0 bridgehead atoms. The highest BCUT2D eigenvalue weighted by atomic mass is 16.4. The Kier molecular flexibility index (Phi) is 4.21. The number of aliphatic carboxylic acids is 1. The molecule has 1 aromatic rings. The second kappa shape index (κ2) is 5.89. The van der Waals surface area contributed by atoms with Crippen LogP contribution in [0.3, 0.4) is 0 Å². The number of hydrogen-bond donors (Lipinski definition) is 2. The Balaban J connectivity index is 1.94. The summed E-state index contributed by atoms with van der Waals surface area (Å²) in [4.78, 5) is 30.6. The van der Waals surface area contributed by atoms with Gasteiger partial charge in [0.15, 0.2) is 0 Å². The molecule has 2 atom stereocenters. The van der Waals surface area contributed by atoms with Crippen LogP contribution in [0.2, 0.25) is 0 Å². The summed E-state index contributed by atoms with van der Waals surface area (Å²) in [7, 11) is 1.70. The summed E-state index contributed by atoms with van der Waals surface area (Å²) < 4.78 is 0. The maximum Gasteiger partial charge on any atom is 0.320 e. The van der Waals surface area contributed by atoms with Crippen LogP contribution in [0.15, 0.2) is 6.33 Å². The lowest BCUT2D eigenvalue weighted by Crippen LogP contribution is -2.50. The third-order valence-electron chi connectivity index (χ3n) is 3.65. The summed E-state index contributed by atoms with van der Waals surface area (Å²) in [6.45, 7) is 2.71. The minimum Gasteiger partial charge on any atom is -0.481 e. The predicted octanol–water partition coefficient (Wildman–Crippen LogP) is 0.542. The Morgan fingerprint density at radius 1 is 1.60 bits per heavy atom. The lowest BCUT2D eigenvalue weighted by molar-refractivity contribution is -0.143. The first-order valence-electron chi connectivity index (χ1n) is 6.57. The Morgan fingerprint density at radius 2 is 2.35 bits per heavy atom. The van der Waals surface area contributed by atoms with Gasteiger partial charge in [-0.3, -0.25) is 9.89 Å². The van der Waals surface area contributed by atoms with Gasteiger partial charge >= 0.3 is 12.0 Å². The SMILES string of the molecule is CC1CC(C(=O)O)CCN1C(=O)N(C)Cc1ncn[nH]1. The number of likely N-dealkylation sites (tertiary alicyclic amines) is 1. The second-order valence-corrected chi connectivity index (χ2v) is 5.17. The number of nitrogens with zero attached hydrogens (tertiary/aromatic N) is 4. The fourth-order valence-electron chi connectivity index (χ4n) is 2.50. The molecular formula is C12H19N5O3. The fourth-order valence-corrected chi connectivity index (χ4v) is 2.50. The quantitative estimate of drug-likeness (QED) is 0.842. The number of carboxylic acid groups (broad SMARTS) is 1. The largest absolute Gasteiger partial charge is 0.481 e. The molecule has 8 nitrogen and oxygen atoms in total. The van der Waals surface area contributed by atoms with Crippen LogP contribution in [0.25, 0.3) is 0 Å². The monoisotopic (exact) mass is 281 g/mol. The molecule has 8 heteroatoms. The van der Waals surface area contributed by atoms with Gasteiger partial charge < -0.3 is 14.9 Å². The minimum atomic E-state index is -0.779. The molecule has 0 saturated carbocycles. The zero-order valence-electron chi connectivity index (χ0n) is 11.6. The molecular weight excluding hydrogens is 262 g/mol. The molecule has 0 spiro atoms. The van der Waals surface area contributed by atoms with Gasteiger partial charge in [0.05, 0.1) is 12.5 Å². The third-order valence-corrected chi connectivity index (χ3v) is 3.65. The molecule has 2 amide bonds. The first-order chi connectivity index (χ1) is 9.49. The molecule has 2 heterocycles. The van der Waals surface area contributed by atoms with Gasteiger partial charge in [0.2, 0.25) is 0 Å². The number of aromatic nitrogens is 3. The number of amides is 2. The molecule has 1 aliphatic heterocycles. The number of carboxylic acids is 1. The number of H-pyrrole nitrogens is 1. The molecule has 2 rings (SSSR count). The van der Waals surface area contributed by atoms with Crippen molar-refractivity contribution in [1.29, 1.82) is 0 Å². The molecule has 2 unspecified atom stereocenters. The number of rotatable bonds is 3. The Labute approximate surface area is 116 Å². The Bertz CT molecular complexity index is 475. The lowest BCUT2D eigenvalue weighted by Gasteiger charge is -2.38. The van der Waals surface area contributed by atoms with E-state index >= 15 is 0 Å². The fraction of sp³-hybridized carbons (Fsp3) is 0.667. The number of nitrogens with one attached hydrogen (secondary N) is 1. The van der Waals surface area contributed by atoms with Crippen LogP contribution in [0, 0.1) is 5.92 Å². The third kappa shape index (κ3) is 3.06. The van der Waals surface area contributed by atoms with Gasteiger partial charge in [0, 0.05) is 19.6 Å². The van der Waals surface area contributed by atoms with Crippen LogP contribution in [-0.2, 0) is 11.3 Å². The summed E-state index contributed by atoms with van der Waals surface area (Å²) >= 11 is 0. The van der Waals surface area contributed by atoms with Crippen LogP contribution >= 0.6 is 0 Å². The van der Waals surface area contributed by atoms with Crippen molar-refractivity contribution in [2.45, 2.75) is 32.4 Å². The molecule has 2 N–H and O–H groups in total. The number of carbonyl (C=O) groups is 2. The summed E-state index contributed by atoms with van der Waals surface area (Å²) in [5.74, 6) is -0.512. The highest BCUT2D eigenvalue weighted by Gasteiger charge is 2.33. The van der Waals surface area contributed by atoms with Crippen molar-refractivity contribution in [1.82, 2.24) is 25.0 Å². The van der Waals surface area contributed by atoms with Crippen molar-refractivity contribution in [2.75, 3.05) is 13.6 Å². The smallest absolute Gasteiger partial charge is 0.320 e. The first-order valence-corrected chi connectivity index (χ1v) is 6.57. The van der Waals surface area contributed by atoms with E-state index in [4.69, 9.17) is 5.11 Å². The first kappa shape index (κ1) is 14.3. The average Bonchev–Trinajstić information content (AvgIpc) is 2.90. The number of hydrogen-bond acceptors (Lipinski definition) is 4. The number of urea groups is 1. The van der Waals surface area contributed by atoms with E-state index in [9.17, 15) is 9.59 Å². The van der Waals surface area contributed by atoms with Crippen molar-refractivity contribution >= 4 is 12.0 Å². The van der Waals surface area contributed by atoms with Gasteiger partial charge in [-0.05, 0) is 19.8 Å². The van der Waals surface area contributed by atoms with Crippen molar-refractivity contribution in [3.63, 3.8) is 0 Å². The molecule has 0 radical (unpaired) electrons. The summed E-state index contributed by atoms with van der Waals surface area (Å²) in [5.41, 5.74) is 0. The van der Waals surface area contributed by atoms with Crippen molar-refractivity contribution in [3.05, 3.63) is 12.2 Å². The predicted molar refractivity (Wildman–Crippen MR) is 69.8 cm³/mol. The Hall–Kier alpha value is -2.12. The molecule has 1 saturated heterocycles. The van der Waals surface area contributed by atoms with E-state index in [-0.39, 0.29) is 18.0 Å². The lowest BCUT2D eigenvalue weighted by atomic mass is 9.92.